The number of nitrogens with one attached hydrogen (secondary N) is 1. The summed E-state index contributed by atoms with van der Waals surface area (Å²) in [6, 6.07) is 0. The number of nitrogens with zero attached hydrogens (tertiary/aromatic N) is 1. The molecule has 0 radical (unpaired) electrons. The van der Waals surface area contributed by atoms with Gasteiger partial charge in [-0.25, -0.2) is 0 Å². The molecule has 136 valence electrons. The molecule has 1 saturated heterocycles. The molecule has 1 fully saturated rings. The summed E-state index contributed by atoms with van der Waals surface area (Å²) in [5.74, 6) is 0.585. The molecule has 1 aliphatic rings. The lowest BCUT2D eigenvalue weighted by molar-refractivity contribution is -0.136. The van der Waals surface area contributed by atoms with Crippen molar-refractivity contribution >= 4 is 24.2 Å². The van der Waals surface area contributed by atoms with Crippen LogP contribution in [0.25, 0.3) is 0 Å². The van der Waals surface area contributed by atoms with E-state index >= 15 is 0 Å². The Balaban J connectivity index is 0.00000484. The number of hydrogen-bond acceptors (Lipinski definition) is 3. The number of hydrogen-bond donors (Lipinski definition) is 2. The predicted molar refractivity (Wildman–Crippen MR) is 96.5 cm³/mol. The number of carbonyl (C=O) groups excluding carboxylic acids is 2. The molecule has 3 N–H and O–H groups in total. The Hall–Kier alpha value is -0.810. The zero-order valence-corrected chi connectivity index (χ0v) is 15.9. The zero-order valence-electron chi connectivity index (χ0n) is 15.1. The van der Waals surface area contributed by atoms with Crippen molar-refractivity contribution in [3.8, 4) is 0 Å². The van der Waals surface area contributed by atoms with E-state index in [0.717, 1.165) is 32.2 Å². The molecule has 6 heteroatoms. The van der Waals surface area contributed by atoms with E-state index in [2.05, 4.69) is 19.2 Å². The number of likely N-dealkylation sites (tertiary alicyclic amines) is 1. The van der Waals surface area contributed by atoms with Crippen LogP contribution in [0.2, 0.25) is 0 Å². The average Bonchev–Trinajstić information content (AvgIpc) is 2.46. The highest BCUT2D eigenvalue weighted by molar-refractivity contribution is 5.85. The third-order valence-electron chi connectivity index (χ3n) is 4.34. The highest BCUT2D eigenvalue weighted by Crippen LogP contribution is 2.21. The number of nitrogens with two attached hydrogens (primary N) is 1. The van der Waals surface area contributed by atoms with E-state index < -0.39 is 0 Å². The van der Waals surface area contributed by atoms with Gasteiger partial charge < -0.3 is 16.0 Å². The maximum atomic E-state index is 12.6. The Morgan fingerprint density at radius 3 is 2.57 bits per heavy atom. The zero-order chi connectivity index (χ0) is 16.8. The number of carbonyl (C=O) groups is 2. The van der Waals surface area contributed by atoms with Gasteiger partial charge in [0.15, 0.2) is 0 Å². The van der Waals surface area contributed by atoms with Gasteiger partial charge in [0.25, 0.3) is 0 Å². The summed E-state index contributed by atoms with van der Waals surface area (Å²) in [7, 11) is 0. The monoisotopic (exact) mass is 347 g/mol. The molecule has 0 bridgehead atoms. The van der Waals surface area contributed by atoms with Crippen molar-refractivity contribution < 1.29 is 9.59 Å². The third-order valence-corrected chi connectivity index (χ3v) is 4.34. The minimum absolute atomic E-state index is 0. The van der Waals surface area contributed by atoms with Crippen LogP contribution in [-0.4, -0.2) is 41.9 Å². The van der Waals surface area contributed by atoms with Crippen LogP contribution in [-0.2, 0) is 9.59 Å². The van der Waals surface area contributed by atoms with Gasteiger partial charge in [0.2, 0.25) is 11.8 Å². The molecule has 1 rings (SSSR count). The molecule has 0 aromatic carbocycles. The van der Waals surface area contributed by atoms with Gasteiger partial charge in [-0.05, 0) is 38.5 Å². The second kappa shape index (κ2) is 10.1. The van der Waals surface area contributed by atoms with E-state index in [1.165, 1.54) is 0 Å². The molecular weight excluding hydrogens is 314 g/mol. The average molecular weight is 348 g/mol. The van der Waals surface area contributed by atoms with Crippen LogP contribution in [0.15, 0.2) is 0 Å². The molecule has 1 aliphatic heterocycles. The van der Waals surface area contributed by atoms with E-state index in [1.54, 1.807) is 0 Å². The van der Waals surface area contributed by atoms with Crippen molar-refractivity contribution in [1.82, 2.24) is 10.2 Å². The van der Waals surface area contributed by atoms with Crippen LogP contribution >= 0.6 is 12.4 Å². The third kappa shape index (κ3) is 7.08. The molecular formula is C17H34ClN3O2. The minimum Gasteiger partial charge on any atom is -0.349 e. The Kier molecular flexibility index (Phi) is 9.78. The topological polar surface area (TPSA) is 75.4 Å². The molecule has 0 saturated carbocycles. The van der Waals surface area contributed by atoms with Gasteiger partial charge in [0.05, 0.1) is 5.92 Å². The lowest BCUT2D eigenvalue weighted by Gasteiger charge is -2.36. The Bertz CT molecular complexity index is 390. The van der Waals surface area contributed by atoms with Crippen molar-refractivity contribution in [3.63, 3.8) is 0 Å². The minimum atomic E-state index is -0.360. The SMILES string of the molecule is CCCC(=O)N1CCCC(C(=O)NC(C)(CN)CC(C)C)C1.Cl. The molecule has 0 aromatic heterocycles. The Labute approximate surface area is 147 Å². The van der Waals surface area contributed by atoms with Crippen molar-refractivity contribution in [3.05, 3.63) is 0 Å². The fourth-order valence-corrected chi connectivity index (χ4v) is 3.28. The smallest absolute Gasteiger partial charge is 0.225 e. The van der Waals surface area contributed by atoms with Gasteiger partial charge in [-0.1, -0.05) is 20.8 Å². The highest BCUT2D eigenvalue weighted by atomic mass is 35.5. The van der Waals surface area contributed by atoms with E-state index in [1.807, 2.05) is 18.7 Å². The van der Waals surface area contributed by atoms with Crippen LogP contribution in [0, 0.1) is 11.8 Å². The standard InChI is InChI=1S/C17H33N3O2.ClH/c1-5-7-15(21)20-9-6-8-14(11-20)16(22)19-17(4,12-18)10-13(2)3;/h13-14H,5-12,18H2,1-4H3,(H,19,22);1H. The quantitative estimate of drug-likeness (QED) is 0.742. The van der Waals surface area contributed by atoms with E-state index in [0.29, 0.717) is 25.4 Å². The molecule has 5 nitrogen and oxygen atoms in total. The molecule has 0 spiro atoms. The molecule has 2 atom stereocenters. The molecule has 23 heavy (non-hydrogen) atoms. The first kappa shape index (κ1) is 22.2. The summed E-state index contributed by atoms with van der Waals surface area (Å²) in [5, 5.41) is 3.13. The predicted octanol–water partition coefficient (Wildman–Crippen LogP) is 2.33. The van der Waals surface area contributed by atoms with E-state index in [4.69, 9.17) is 5.73 Å². The summed E-state index contributed by atoms with van der Waals surface area (Å²) in [6.45, 7) is 10.0. The number of rotatable bonds is 7. The van der Waals surface area contributed by atoms with Crippen LogP contribution < -0.4 is 11.1 Å². The fraction of sp³-hybridized carbons (Fsp3) is 0.882. The molecule has 2 unspecified atom stereocenters. The van der Waals surface area contributed by atoms with Gasteiger partial charge >= 0.3 is 0 Å². The summed E-state index contributed by atoms with van der Waals surface area (Å²) in [5.41, 5.74) is 5.51. The number of piperidine rings is 1. The van der Waals surface area contributed by atoms with Crippen LogP contribution in [0.1, 0.15) is 59.8 Å². The summed E-state index contributed by atoms with van der Waals surface area (Å²) in [4.78, 5) is 26.4. The number of halogens is 1. The Morgan fingerprint density at radius 2 is 2.04 bits per heavy atom. The van der Waals surface area contributed by atoms with Gasteiger partial charge in [-0.2, -0.15) is 0 Å². The van der Waals surface area contributed by atoms with Crippen molar-refractivity contribution in [1.29, 1.82) is 0 Å². The molecule has 0 aromatic rings. The first-order valence-electron chi connectivity index (χ1n) is 8.61. The molecule has 0 aliphatic carbocycles. The maximum Gasteiger partial charge on any atom is 0.225 e. The lowest BCUT2D eigenvalue weighted by Crippen LogP contribution is -2.55. The largest absolute Gasteiger partial charge is 0.349 e. The second-order valence-electron chi connectivity index (χ2n) is 7.28. The van der Waals surface area contributed by atoms with Gasteiger partial charge in [-0.15, -0.1) is 12.4 Å². The maximum absolute atomic E-state index is 12.6. The Morgan fingerprint density at radius 1 is 1.39 bits per heavy atom. The first-order chi connectivity index (χ1) is 10.3. The second-order valence-corrected chi connectivity index (χ2v) is 7.28. The summed E-state index contributed by atoms with van der Waals surface area (Å²) < 4.78 is 0. The number of amides is 2. The van der Waals surface area contributed by atoms with E-state index in [-0.39, 0.29) is 35.7 Å². The van der Waals surface area contributed by atoms with Crippen molar-refractivity contribution in [2.24, 2.45) is 17.6 Å². The molecule has 2 amide bonds. The van der Waals surface area contributed by atoms with Crippen LogP contribution in [0.5, 0.6) is 0 Å². The van der Waals surface area contributed by atoms with Crippen LogP contribution in [0.4, 0.5) is 0 Å². The summed E-state index contributed by atoms with van der Waals surface area (Å²) in [6.07, 6.45) is 4.04. The fourth-order valence-electron chi connectivity index (χ4n) is 3.28. The van der Waals surface area contributed by atoms with E-state index in [9.17, 15) is 9.59 Å². The molecule has 1 heterocycles. The lowest BCUT2D eigenvalue weighted by atomic mass is 9.89. The van der Waals surface area contributed by atoms with Gasteiger partial charge in [0, 0.05) is 31.6 Å². The van der Waals surface area contributed by atoms with Crippen molar-refractivity contribution in [2.75, 3.05) is 19.6 Å². The first-order valence-corrected chi connectivity index (χ1v) is 8.61. The normalized spacial score (nSPS) is 20.6. The van der Waals surface area contributed by atoms with Gasteiger partial charge in [-0.3, -0.25) is 9.59 Å². The van der Waals surface area contributed by atoms with Crippen molar-refractivity contribution in [2.45, 2.75) is 65.3 Å². The summed E-state index contributed by atoms with van der Waals surface area (Å²) >= 11 is 0. The highest BCUT2D eigenvalue weighted by Gasteiger charge is 2.32. The van der Waals surface area contributed by atoms with Crippen LogP contribution in [0.3, 0.4) is 0 Å². The van der Waals surface area contributed by atoms with Gasteiger partial charge in [0.1, 0.15) is 0 Å².